The number of rotatable bonds is 8. The molecule has 0 bridgehead atoms. The predicted molar refractivity (Wildman–Crippen MR) is 154 cm³/mol. The van der Waals surface area contributed by atoms with E-state index in [4.69, 9.17) is 39.5 Å². The first-order valence-corrected chi connectivity index (χ1v) is 13.3. The van der Waals surface area contributed by atoms with Gasteiger partial charge in [-0.1, -0.05) is 70.6 Å². The Labute approximate surface area is 241 Å². The van der Waals surface area contributed by atoms with Crippen molar-refractivity contribution < 1.29 is 9.66 Å². The van der Waals surface area contributed by atoms with Gasteiger partial charge < -0.3 is 4.74 Å². The fraction of sp³-hybridized carbons (Fsp3) is 0.192. The number of aromatic nitrogens is 2. The third kappa shape index (κ3) is 6.02. The summed E-state index contributed by atoms with van der Waals surface area (Å²) in [4.78, 5) is 29.4. The van der Waals surface area contributed by atoms with E-state index in [0.29, 0.717) is 38.8 Å². The van der Waals surface area contributed by atoms with Gasteiger partial charge in [0, 0.05) is 27.0 Å². The Hall–Kier alpha value is -2.98. The smallest absolute Gasteiger partial charge is 0.313 e. The lowest BCUT2D eigenvalue weighted by molar-refractivity contribution is -0.385. The summed E-state index contributed by atoms with van der Waals surface area (Å²) in [6, 6.07) is 12.8. The fourth-order valence-electron chi connectivity index (χ4n) is 3.67. The number of halogens is 4. The molecule has 0 N–H and O–H groups in total. The maximum atomic E-state index is 13.4. The van der Waals surface area contributed by atoms with E-state index in [-0.39, 0.29) is 40.1 Å². The van der Waals surface area contributed by atoms with Gasteiger partial charge >= 0.3 is 5.69 Å². The summed E-state index contributed by atoms with van der Waals surface area (Å²) in [6.07, 6.45) is 2.02. The first kappa shape index (κ1) is 28.0. The van der Waals surface area contributed by atoms with Crippen molar-refractivity contribution in [3.8, 4) is 5.75 Å². The van der Waals surface area contributed by atoms with Gasteiger partial charge in [0.1, 0.15) is 12.4 Å². The highest BCUT2D eigenvalue weighted by Crippen LogP contribution is 2.35. The van der Waals surface area contributed by atoms with Crippen LogP contribution < -0.4 is 10.3 Å². The van der Waals surface area contributed by atoms with E-state index in [1.807, 2.05) is 19.9 Å². The highest BCUT2D eigenvalue weighted by atomic mass is 79.9. The maximum Gasteiger partial charge on any atom is 0.313 e. The highest BCUT2D eigenvalue weighted by molar-refractivity contribution is 9.10. The summed E-state index contributed by atoms with van der Waals surface area (Å²) in [5.74, 6) is 0.300. The quantitative estimate of drug-likeness (QED) is 0.111. The van der Waals surface area contributed by atoms with Crippen LogP contribution in [0.5, 0.6) is 5.75 Å². The van der Waals surface area contributed by atoms with Gasteiger partial charge in [-0.3, -0.25) is 14.9 Å². The first-order chi connectivity index (χ1) is 18.1. The van der Waals surface area contributed by atoms with E-state index < -0.39 is 4.92 Å². The van der Waals surface area contributed by atoms with Crippen molar-refractivity contribution in [1.82, 2.24) is 9.66 Å². The minimum Gasteiger partial charge on any atom is -0.481 e. The molecule has 4 aromatic rings. The second-order valence-corrected chi connectivity index (χ2v) is 10.6. The summed E-state index contributed by atoms with van der Waals surface area (Å²) >= 11 is 21.7. The van der Waals surface area contributed by atoms with Gasteiger partial charge in [-0.25, -0.2) is 4.98 Å². The van der Waals surface area contributed by atoms with E-state index in [9.17, 15) is 14.9 Å². The molecule has 0 fully saturated rings. The lowest BCUT2D eigenvalue weighted by atomic mass is 10.1. The van der Waals surface area contributed by atoms with Gasteiger partial charge in [-0.15, -0.1) is 0 Å². The highest BCUT2D eigenvalue weighted by Gasteiger charge is 2.22. The van der Waals surface area contributed by atoms with Crippen molar-refractivity contribution in [2.24, 2.45) is 5.10 Å². The summed E-state index contributed by atoms with van der Waals surface area (Å²) in [6.45, 7) is 3.88. The Morgan fingerprint density at radius 2 is 1.92 bits per heavy atom. The molecule has 3 aromatic carbocycles. The number of nitro groups is 1. The fourth-order valence-corrected chi connectivity index (χ4v) is 4.58. The number of benzene rings is 3. The second kappa shape index (κ2) is 11.8. The Balaban J connectivity index is 1.83. The molecular formula is C26H20BrCl3N4O4. The van der Waals surface area contributed by atoms with E-state index in [0.717, 1.165) is 4.47 Å². The molecule has 196 valence electrons. The molecule has 38 heavy (non-hydrogen) atoms. The molecule has 1 heterocycles. The van der Waals surface area contributed by atoms with E-state index in [2.05, 4.69) is 26.0 Å². The van der Waals surface area contributed by atoms with Gasteiger partial charge in [-0.2, -0.15) is 9.78 Å². The van der Waals surface area contributed by atoms with Gasteiger partial charge in [-0.05, 0) is 48.4 Å². The van der Waals surface area contributed by atoms with Gasteiger partial charge in [0.2, 0.25) is 5.75 Å². The Bertz CT molecular complexity index is 1640. The summed E-state index contributed by atoms with van der Waals surface area (Å²) in [5.41, 5.74) is 0.669. The molecule has 0 aliphatic heterocycles. The van der Waals surface area contributed by atoms with Gasteiger partial charge in [0.15, 0.2) is 0 Å². The number of hydrogen-bond acceptors (Lipinski definition) is 6. The van der Waals surface area contributed by atoms with Crippen LogP contribution in [0.4, 0.5) is 5.69 Å². The van der Waals surface area contributed by atoms with Crippen LogP contribution in [-0.4, -0.2) is 20.8 Å². The standard InChI is InChI=1S/C26H20BrCl3N4O4/c1-3-14(2)25-32-22-7-5-17(27)10-19(22)26(35)33(25)31-12-16-9-18(28)11-23(34(36)37)24(16)38-13-15-4-6-20(29)21(30)8-15/h4-12,14H,3,13H2,1-2H3/t14-/m0/s1. The molecule has 0 saturated carbocycles. The zero-order chi connectivity index (χ0) is 27.6. The van der Waals surface area contributed by atoms with Crippen molar-refractivity contribution in [2.75, 3.05) is 0 Å². The predicted octanol–water partition coefficient (Wildman–Crippen LogP) is 8.00. The van der Waals surface area contributed by atoms with Gasteiger partial charge in [0.25, 0.3) is 5.56 Å². The first-order valence-electron chi connectivity index (χ1n) is 11.4. The molecule has 0 saturated heterocycles. The minimum atomic E-state index is -0.598. The van der Waals surface area contributed by atoms with Crippen LogP contribution in [0.3, 0.4) is 0 Å². The molecule has 0 radical (unpaired) electrons. The molecular weight excluding hydrogens is 619 g/mol. The summed E-state index contributed by atoms with van der Waals surface area (Å²) in [5, 5.41) is 17.4. The van der Waals surface area contributed by atoms with E-state index in [1.54, 1.807) is 30.3 Å². The van der Waals surface area contributed by atoms with Crippen LogP contribution in [0.25, 0.3) is 10.9 Å². The van der Waals surface area contributed by atoms with Gasteiger partial charge in [0.05, 0.1) is 32.1 Å². The molecule has 12 heteroatoms. The van der Waals surface area contributed by atoms with Crippen molar-refractivity contribution in [3.63, 3.8) is 0 Å². The zero-order valence-corrected chi connectivity index (χ0v) is 24.0. The third-order valence-corrected chi connectivity index (χ3v) is 7.28. The number of nitro benzene ring substituents is 1. The van der Waals surface area contributed by atoms with Crippen LogP contribution in [0.1, 0.15) is 43.1 Å². The molecule has 0 unspecified atom stereocenters. The maximum absolute atomic E-state index is 13.4. The van der Waals surface area contributed by atoms with Crippen LogP contribution >= 0.6 is 50.7 Å². The third-order valence-electron chi connectivity index (χ3n) is 5.83. The van der Waals surface area contributed by atoms with Crippen LogP contribution in [-0.2, 0) is 6.61 Å². The largest absolute Gasteiger partial charge is 0.481 e. The van der Waals surface area contributed by atoms with Crippen molar-refractivity contribution >= 4 is 73.5 Å². The summed E-state index contributed by atoms with van der Waals surface area (Å²) < 4.78 is 7.79. The average Bonchev–Trinajstić information content (AvgIpc) is 2.88. The number of hydrogen-bond donors (Lipinski definition) is 0. The van der Waals surface area contributed by atoms with E-state index >= 15 is 0 Å². The van der Waals surface area contributed by atoms with Crippen LogP contribution in [0, 0.1) is 10.1 Å². The molecule has 1 aromatic heterocycles. The van der Waals surface area contributed by atoms with Crippen molar-refractivity contribution in [2.45, 2.75) is 32.8 Å². The number of fused-ring (bicyclic) bond motifs is 1. The number of ether oxygens (including phenoxy) is 1. The Kier molecular flexibility index (Phi) is 8.72. The average molecular weight is 639 g/mol. The van der Waals surface area contributed by atoms with Crippen molar-refractivity contribution in [1.29, 1.82) is 0 Å². The lowest BCUT2D eigenvalue weighted by Gasteiger charge is -2.14. The molecule has 0 spiro atoms. The monoisotopic (exact) mass is 636 g/mol. The molecule has 8 nitrogen and oxygen atoms in total. The minimum absolute atomic E-state index is 0.0379. The van der Waals surface area contributed by atoms with Crippen LogP contribution in [0.15, 0.2) is 62.9 Å². The molecule has 0 aliphatic carbocycles. The lowest BCUT2D eigenvalue weighted by Crippen LogP contribution is -2.23. The van der Waals surface area contributed by atoms with Crippen LogP contribution in [0.2, 0.25) is 15.1 Å². The molecule has 0 aliphatic rings. The Morgan fingerprint density at radius 1 is 1.16 bits per heavy atom. The normalized spacial score (nSPS) is 12.3. The van der Waals surface area contributed by atoms with E-state index in [1.165, 1.54) is 23.0 Å². The SMILES string of the molecule is CC[C@H](C)c1nc2ccc(Br)cc2c(=O)n1N=Cc1cc(Cl)cc([N+](=O)[O-])c1OCc1ccc(Cl)c(Cl)c1. The molecule has 1 atom stereocenters. The molecule has 0 amide bonds. The topological polar surface area (TPSA) is 99.6 Å². The van der Waals surface area contributed by atoms with Crippen molar-refractivity contribution in [3.05, 3.63) is 105 Å². The number of nitrogens with zero attached hydrogens (tertiary/aromatic N) is 4. The second-order valence-electron chi connectivity index (χ2n) is 8.44. The molecule has 4 rings (SSSR count). The zero-order valence-electron chi connectivity index (χ0n) is 20.1. The summed E-state index contributed by atoms with van der Waals surface area (Å²) in [7, 11) is 0. The Morgan fingerprint density at radius 3 is 2.61 bits per heavy atom.